The van der Waals surface area contributed by atoms with Crippen LogP contribution in [0, 0.1) is 6.92 Å². The van der Waals surface area contributed by atoms with E-state index in [9.17, 15) is 0 Å². The third-order valence-electron chi connectivity index (χ3n) is 3.36. The number of aryl methyl sites for hydroxylation is 2. The van der Waals surface area contributed by atoms with Crippen LogP contribution >= 0.6 is 0 Å². The van der Waals surface area contributed by atoms with E-state index in [1.165, 1.54) is 17.5 Å². The first-order valence-electron chi connectivity index (χ1n) is 7.29. The number of nitrogens with two attached hydrogens (primary N) is 1. The van der Waals surface area contributed by atoms with Gasteiger partial charge in [0.15, 0.2) is 0 Å². The van der Waals surface area contributed by atoms with Crippen LogP contribution in [-0.4, -0.2) is 6.54 Å². The Morgan fingerprint density at radius 2 is 1.65 bits per heavy atom. The van der Waals surface area contributed by atoms with Crippen molar-refractivity contribution in [3.63, 3.8) is 0 Å². The van der Waals surface area contributed by atoms with Gasteiger partial charge < -0.3 is 10.5 Å². The van der Waals surface area contributed by atoms with Crippen LogP contribution in [0.1, 0.15) is 30.0 Å². The summed E-state index contributed by atoms with van der Waals surface area (Å²) in [6.07, 6.45) is 3.20. The second kappa shape index (κ2) is 7.11. The van der Waals surface area contributed by atoms with Gasteiger partial charge in [-0.3, -0.25) is 0 Å². The Morgan fingerprint density at radius 3 is 2.25 bits per heavy atom. The van der Waals surface area contributed by atoms with Crippen LogP contribution < -0.4 is 10.5 Å². The van der Waals surface area contributed by atoms with Gasteiger partial charge in [-0.1, -0.05) is 37.6 Å². The molecule has 0 radical (unpaired) electrons. The van der Waals surface area contributed by atoms with Gasteiger partial charge in [0.25, 0.3) is 0 Å². The van der Waals surface area contributed by atoms with Crippen molar-refractivity contribution in [2.24, 2.45) is 5.73 Å². The SMILES string of the molecule is CCCc1ccc(Oc2ccc(CCN)cc2C)cc1. The largest absolute Gasteiger partial charge is 0.457 e. The first kappa shape index (κ1) is 14.6. The Balaban J connectivity index is 2.09. The average Bonchev–Trinajstić information content (AvgIpc) is 2.44. The fraction of sp³-hybridized carbons (Fsp3) is 0.333. The number of benzene rings is 2. The highest BCUT2D eigenvalue weighted by molar-refractivity contribution is 5.40. The van der Waals surface area contributed by atoms with Crippen molar-refractivity contribution in [1.82, 2.24) is 0 Å². The number of hydrogen-bond acceptors (Lipinski definition) is 2. The Bertz CT molecular complexity index is 546. The van der Waals surface area contributed by atoms with Crippen LogP contribution in [0.3, 0.4) is 0 Å². The second-order valence-electron chi connectivity index (χ2n) is 5.13. The van der Waals surface area contributed by atoms with Crippen molar-refractivity contribution in [3.8, 4) is 11.5 Å². The molecule has 0 bridgehead atoms. The third kappa shape index (κ3) is 3.84. The maximum absolute atomic E-state index is 5.94. The van der Waals surface area contributed by atoms with Crippen molar-refractivity contribution >= 4 is 0 Å². The van der Waals surface area contributed by atoms with Gasteiger partial charge in [0.05, 0.1) is 0 Å². The molecule has 0 aliphatic carbocycles. The van der Waals surface area contributed by atoms with E-state index in [1.54, 1.807) is 0 Å². The van der Waals surface area contributed by atoms with Crippen molar-refractivity contribution in [3.05, 3.63) is 59.2 Å². The summed E-state index contributed by atoms with van der Waals surface area (Å²) in [5.74, 6) is 1.80. The van der Waals surface area contributed by atoms with E-state index >= 15 is 0 Å². The minimum absolute atomic E-state index is 0.679. The first-order valence-corrected chi connectivity index (χ1v) is 7.29. The van der Waals surface area contributed by atoms with Crippen LogP contribution in [-0.2, 0) is 12.8 Å². The molecule has 2 rings (SSSR count). The molecule has 2 aromatic carbocycles. The summed E-state index contributed by atoms with van der Waals surface area (Å²) < 4.78 is 5.94. The summed E-state index contributed by atoms with van der Waals surface area (Å²) in [5, 5.41) is 0. The lowest BCUT2D eigenvalue weighted by molar-refractivity contribution is 0.478. The highest BCUT2D eigenvalue weighted by Gasteiger charge is 2.03. The van der Waals surface area contributed by atoms with E-state index < -0.39 is 0 Å². The Kier molecular flexibility index (Phi) is 5.19. The third-order valence-corrected chi connectivity index (χ3v) is 3.36. The van der Waals surface area contributed by atoms with E-state index in [0.717, 1.165) is 29.9 Å². The molecule has 0 unspecified atom stereocenters. The monoisotopic (exact) mass is 269 g/mol. The molecule has 2 N–H and O–H groups in total. The predicted molar refractivity (Wildman–Crippen MR) is 84.4 cm³/mol. The minimum Gasteiger partial charge on any atom is -0.457 e. The van der Waals surface area contributed by atoms with E-state index in [0.29, 0.717) is 6.54 Å². The molecule has 2 heteroatoms. The molecule has 0 atom stereocenters. The molecule has 0 saturated heterocycles. The van der Waals surface area contributed by atoms with Crippen LogP contribution in [0.2, 0.25) is 0 Å². The zero-order valence-corrected chi connectivity index (χ0v) is 12.4. The molecule has 0 saturated carbocycles. The summed E-state index contributed by atoms with van der Waals surface area (Å²) in [6.45, 7) is 4.94. The molecule has 0 spiro atoms. The molecule has 0 aromatic heterocycles. The molecule has 2 aromatic rings. The van der Waals surface area contributed by atoms with Gasteiger partial charge in [-0.05, 0) is 61.2 Å². The highest BCUT2D eigenvalue weighted by atomic mass is 16.5. The van der Waals surface area contributed by atoms with Gasteiger partial charge in [0.2, 0.25) is 0 Å². The van der Waals surface area contributed by atoms with Crippen molar-refractivity contribution < 1.29 is 4.74 Å². The summed E-state index contributed by atoms with van der Waals surface area (Å²) in [5.41, 5.74) is 9.34. The Morgan fingerprint density at radius 1 is 0.950 bits per heavy atom. The molecule has 20 heavy (non-hydrogen) atoms. The fourth-order valence-electron chi connectivity index (χ4n) is 2.29. The van der Waals surface area contributed by atoms with Crippen LogP contribution in [0.4, 0.5) is 0 Å². The van der Waals surface area contributed by atoms with Gasteiger partial charge in [-0.15, -0.1) is 0 Å². The predicted octanol–water partition coefficient (Wildman–Crippen LogP) is 4.24. The number of hydrogen-bond donors (Lipinski definition) is 1. The highest BCUT2D eigenvalue weighted by Crippen LogP contribution is 2.26. The standard InChI is InChI=1S/C18H23NO/c1-3-4-15-5-8-17(9-6-15)20-18-10-7-16(11-12-19)13-14(18)2/h5-10,13H,3-4,11-12,19H2,1-2H3. The molecule has 0 aliphatic rings. The first-order chi connectivity index (χ1) is 9.72. The fourth-order valence-corrected chi connectivity index (χ4v) is 2.29. The molecule has 0 amide bonds. The molecule has 0 fully saturated rings. The second-order valence-corrected chi connectivity index (χ2v) is 5.13. The summed E-state index contributed by atoms with van der Waals surface area (Å²) >= 11 is 0. The van der Waals surface area contributed by atoms with Crippen molar-refractivity contribution in [2.75, 3.05) is 6.54 Å². The maximum atomic E-state index is 5.94. The van der Waals surface area contributed by atoms with E-state index in [4.69, 9.17) is 10.5 Å². The topological polar surface area (TPSA) is 35.2 Å². The lowest BCUT2D eigenvalue weighted by Crippen LogP contribution is -2.02. The molecular weight excluding hydrogens is 246 g/mol. The lowest BCUT2D eigenvalue weighted by atomic mass is 10.1. The maximum Gasteiger partial charge on any atom is 0.130 e. The molecule has 0 aliphatic heterocycles. The lowest BCUT2D eigenvalue weighted by Gasteiger charge is -2.10. The molecule has 106 valence electrons. The zero-order chi connectivity index (χ0) is 14.4. The number of ether oxygens (including phenoxy) is 1. The van der Waals surface area contributed by atoms with Crippen molar-refractivity contribution in [2.45, 2.75) is 33.1 Å². The van der Waals surface area contributed by atoms with Crippen molar-refractivity contribution in [1.29, 1.82) is 0 Å². The van der Waals surface area contributed by atoms with Crippen LogP contribution in [0.25, 0.3) is 0 Å². The molecule has 0 heterocycles. The zero-order valence-electron chi connectivity index (χ0n) is 12.4. The normalized spacial score (nSPS) is 10.6. The smallest absolute Gasteiger partial charge is 0.130 e. The van der Waals surface area contributed by atoms with Crippen LogP contribution in [0.15, 0.2) is 42.5 Å². The van der Waals surface area contributed by atoms with Gasteiger partial charge in [0, 0.05) is 0 Å². The summed E-state index contributed by atoms with van der Waals surface area (Å²) in [7, 11) is 0. The summed E-state index contributed by atoms with van der Waals surface area (Å²) in [6, 6.07) is 14.6. The molecular formula is C18H23NO. The quantitative estimate of drug-likeness (QED) is 0.851. The molecule has 2 nitrogen and oxygen atoms in total. The van der Waals surface area contributed by atoms with E-state index in [2.05, 4.69) is 38.1 Å². The Labute approximate surface area is 121 Å². The van der Waals surface area contributed by atoms with Gasteiger partial charge in [-0.25, -0.2) is 0 Å². The Hall–Kier alpha value is -1.80. The minimum atomic E-state index is 0.679. The summed E-state index contributed by atoms with van der Waals surface area (Å²) in [4.78, 5) is 0. The van der Waals surface area contributed by atoms with E-state index in [-0.39, 0.29) is 0 Å². The average molecular weight is 269 g/mol. The number of rotatable bonds is 6. The van der Waals surface area contributed by atoms with Gasteiger partial charge in [-0.2, -0.15) is 0 Å². The van der Waals surface area contributed by atoms with E-state index in [1.807, 2.05) is 18.2 Å². The van der Waals surface area contributed by atoms with Crippen LogP contribution in [0.5, 0.6) is 11.5 Å². The van der Waals surface area contributed by atoms with Gasteiger partial charge >= 0.3 is 0 Å². The van der Waals surface area contributed by atoms with Gasteiger partial charge in [0.1, 0.15) is 11.5 Å².